The molecule has 0 rings (SSSR count). The summed E-state index contributed by atoms with van der Waals surface area (Å²) in [7, 11) is 1.37. The highest BCUT2D eigenvalue weighted by Crippen LogP contribution is 1.99. The molecule has 0 spiro atoms. The molecule has 15 heavy (non-hydrogen) atoms. The number of carbonyl (C=O) groups is 1. The summed E-state index contributed by atoms with van der Waals surface area (Å²) in [5.74, 6) is -0.317. The van der Waals surface area contributed by atoms with E-state index in [0.717, 1.165) is 32.5 Å². The van der Waals surface area contributed by atoms with Crippen molar-refractivity contribution in [1.29, 1.82) is 0 Å². The predicted molar refractivity (Wildman–Crippen MR) is 61.6 cm³/mol. The fraction of sp³-hybridized carbons (Fsp3) is 0.909. The van der Waals surface area contributed by atoms with Gasteiger partial charge in [-0.2, -0.15) is 0 Å². The number of nitrogens with zero attached hydrogens (tertiary/aromatic N) is 1. The van der Waals surface area contributed by atoms with Crippen LogP contribution in [0.5, 0.6) is 0 Å². The Hall–Kier alpha value is -0.610. The van der Waals surface area contributed by atoms with E-state index in [4.69, 9.17) is 5.73 Å². The largest absolute Gasteiger partial charge is 0.468 e. The summed E-state index contributed by atoms with van der Waals surface area (Å²) >= 11 is 0. The van der Waals surface area contributed by atoms with Crippen LogP contribution in [0.3, 0.4) is 0 Å². The van der Waals surface area contributed by atoms with Crippen molar-refractivity contribution < 1.29 is 9.53 Å². The second-order valence-corrected chi connectivity index (χ2v) is 3.76. The second kappa shape index (κ2) is 8.68. The third-order valence-electron chi connectivity index (χ3n) is 2.34. The van der Waals surface area contributed by atoms with Gasteiger partial charge in [0.1, 0.15) is 6.04 Å². The molecule has 0 fully saturated rings. The Morgan fingerprint density at radius 3 is 2.20 bits per heavy atom. The van der Waals surface area contributed by atoms with Gasteiger partial charge >= 0.3 is 5.97 Å². The maximum Gasteiger partial charge on any atom is 0.322 e. The van der Waals surface area contributed by atoms with Crippen molar-refractivity contribution in [2.45, 2.75) is 39.2 Å². The van der Waals surface area contributed by atoms with Gasteiger partial charge in [-0.1, -0.05) is 13.8 Å². The van der Waals surface area contributed by atoms with E-state index in [-0.39, 0.29) is 5.97 Å². The highest BCUT2D eigenvalue weighted by Gasteiger charge is 2.14. The number of hydrogen-bond donors (Lipinski definition) is 1. The van der Waals surface area contributed by atoms with E-state index in [1.807, 2.05) is 0 Å². The average molecular weight is 216 g/mol. The van der Waals surface area contributed by atoms with Gasteiger partial charge in [-0.3, -0.25) is 4.79 Å². The minimum absolute atomic E-state index is 0.317. The van der Waals surface area contributed by atoms with Crippen LogP contribution >= 0.6 is 0 Å². The maximum absolute atomic E-state index is 11.1. The van der Waals surface area contributed by atoms with Crippen molar-refractivity contribution in [3.05, 3.63) is 0 Å². The molecule has 0 saturated heterocycles. The van der Waals surface area contributed by atoms with E-state index in [9.17, 15) is 4.79 Å². The lowest BCUT2D eigenvalue weighted by atomic mass is 10.2. The SMILES string of the molecule is CCCN(CCC)CCC(N)C(=O)OC. The maximum atomic E-state index is 11.1. The van der Waals surface area contributed by atoms with Crippen LogP contribution in [-0.4, -0.2) is 43.7 Å². The molecule has 0 saturated carbocycles. The molecule has 0 heterocycles. The molecule has 0 aliphatic carbocycles. The van der Waals surface area contributed by atoms with Crippen LogP contribution in [-0.2, 0) is 9.53 Å². The number of esters is 1. The zero-order chi connectivity index (χ0) is 11.7. The van der Waals surface area contributed by atoms with Gasteiger partial charge in [-0.05, 0) is 32.4 Å². The molecule has 0 bridgehead atoms. The van der Waals surface area contributed by atoms with Gasteiger partial charge in [-0.15, -0.1) is 0 Å². The van der Waals surface area contributed by atoms with Crippen molar-refractivity contribution >= 4 is 5.97 Å². The Morgan fingerprint density at radius 2 is 1.80 bits per heavy atom. The van der Waals surface area contributed by atoms with Crippen molar-refractivity contribution in [3.8, 4) is 0 Å². The Labute approximate surface area is 92.8 Å². The fourth-order valence-corrected chi connectivity index (χ4v) is 1.56. The van der Waals surface area contributed by atoms with Crippen LogP contribution in [0.1, 0.15) is 33.1 Å². The summed E-state index contributed by atoms with van der Waals surface area (Å²) in [5, 5.41) is 0. The molecule has 2 N–H and O–H groups in total. The molecule has 4 heteroatoms. The minimum atomic E-state index is -0.480. The van der Waals surface area contributed by atoms with Gasteiger partial charge in [0.25, 0.3) is 0 Å². The normalized spacial score (nSPS) is 12.9. The number of carbonyl (C=O) groups excluding carboxylic acids is 1. The van der Waals surface area contributed by atoms with E-state index in [1.54, 1.807) is 0 Å². The molecular formula is C11H24N2O2. The van der Waals surface area contributed by atoms with Gasteiger partial charge in [0, 0.05) is 6.54 Å². The molecule has 0 aliphatic rings. The number of nitrogens with two attached hydrogens (primary N) is 1. The zero-order valence-corrected chi connectivity index (χ0v) is 10.2. The molecule has 0 aromatic rings. The Kier molecular flexibility index (Phi) is 8.33. The van der Waals surface area contributed by atoms with E-state index in [2.05, 4.69) is 23.5 Å². The summed E-state index contributed by atoms with van der Waals surface area (Å²) in [6, 6.07) is -0.480. The van der Waals surface area contributed by atoms with Crippen molar-refractivity contribution in [3.63, 3.8) is 0 Å². The first-order valence-electron chi connectivity index (χ1n) is 5.71. The predicted octanol–water partition coefficient (Wildman–Crippen LogP) is 0.999. The van der Waals surface area contributed by atoms with Crippen molar-refractivity contribution in [1.82, 2.24) is 4.90 Å². The topological polar surface area (TPSA) is 55.6 Å². The lowest BCUT2D eigenvalue weighted by Gasteiger charge is -2.22. The van der Waals surface area contributed by atoms with Gasteiger partial charge in [0.15, 0.2) is 0 Å². The first-order valence-corrected chi connectivity index (χ1v) is 5.71. The van der Waals surface area contributed by atoms with Gasteiger partial charge in [0.2, 0.25) is 0 Å². The third-order valence-corrected chi connectivity index (χ3v) is 2.34. The molecular weight excluding hydrogens is 192 g/mol. The Balaban J connectivity index is 3.81. The molecule has 4 nitrogen and oxygen atoms in total. The molecule has 0 aliphatic heterocycles. The van der Waals surface area contributed by atoms with Gasteiger partial charge < -0.3 is 15.4 Å². The summed E-state index contributed by atoms with van der Waals surface area (Å²) in [5.41, 5.74) is 5.67. The number of hydrogen-bond acceptors (Lipinski definition) is 4. The van der Waals surface area contributed by atoms with Crippen LogP contribution in [0.15, 0.2) is 0 Å². The molecule has 0 aromatic carbocycles. The first kappa shape index (κ1) is 14.4. The molecule has 0 aromatic heterocycles. The fourth-order valence-electron chi connectivity index (χ4n) is 1.56. The standard InChI is InChI=1S/C11H24N2O2/c1-4-7-13(8-5-2)9-6-10(12)11(14)15-3/h10H,4-9,12H2,1-3H3. The number of methoxy groups -OCH3 is 1. The van der Waals surface area contributed by atoms with Crippen LogP contribution in [0.2, 0.25) is 0 Å². The quantitative estimate of drug-likeness (QED) is 0.615. The van der Waals surface area contributed by atoms with Crippen LogP contribution in [0.25, 0.3) is 0 Å². The molecule has 90 valence electrons. The number of ether oxygens (including phenoxy) is 1. The summed E-state index contributed by atoms with van der Waals surface area (Å²) in [4.78, 5) is 13.4. The Bertz CT molecular complexity index is 168. The van der Waals surface area contributed by atoms with E-state index < -0.39 is 6.04 Å². The van der Waals surface area contributed by atoms with E-state index in [1.165, 1.54) is 7.11 Å². The number of rotatable bonds is 8. The average Bonchev–Trinajstić information content (AvgIpc) is 2.25. The molecule has 0 amide bonds. The van der Waals surface area contributed by atoms with Crippen molar-refractivity contribution in [2.24, 2.45) is 5.73 Å². The molecule has 1 unspecified atom stereocenters. The lowest BCUT2D eigenvalue weighted by molar-refractivity contribution is -0.142. The van der Waals surface area contributed by atoms with Crippen LogP contribution in [0.4, 0.5) is 0 Å². The molecule has 0 radical (unpaired) electrons. The monoisotopic (exact) mass is 216 g/mol. The summed E-state index contributed by atoms with van der Waals surface area (Å²) in [6.07, 6.45) is 2.94. The Morgan fingerprint density at radius 1 is 1.27 bits per heavy atom. The van der Waals surface area contributed by atoms with E-state index >= 15 is 0 Å². The highest BCUT2D eigenvalue weighted by atomic mass is 16.5. The lowest BCUT2D eigenvalue weighted by Crippen LogP contribution is -2.37. The summed E-state index contributed by atoms with van der Waals surface area (Å²) in [6.45, 7) is 7.33. The highest BCUT2D eigenvalue weighted by molar-refractivity contribution is 5.75. The first-order chi connectivity index (χ1) is 7.15. The molecule has 1 atom stereocenters. The minimum Gasteiger partial charge on any atom is -0.468 e. The van der Waals surface area contributed by atoms with Crippen molar-refractivity contribution in [2.75, 3.05) is 26.7 Å². The van der Waals surface area contributed by atoms with Gasteiger partial charge in [0.05, 0.1) is 7.11 Å². The third kappa shape index (κ3) is 6.47. The summed E-state index contributed by atoms with van der Waals surface area (Å²) < 4.78 is 4.58. The second-order valence-electron chi connectivity index (χ2n) is 3.76. The van der Waals surface area contributed by atoms with Gasteiger partial charge in [-0.25, -0.2) is 0 Å². The van der Waals surface area contributed by atoms with E-state index in [0.29, 0.717) is 6.42 Å². The smallest absolute Gasteiger partial charge is 0.322 e. The van der Waals surface area contributed by atoms with Crippen LogP contribution in [0, 0.1) is 0 Å². The zero-order valence-electron chi connectivity index (χ0n) is 10.2. The van der Waals surface area contributed by atoms with Crippen LogP contribution < -0.4 is 5.73 Å².